The Morgan fingerprint density at radius 1 is 1.18 bits per heavy atom. The zero-order valence-corrected chi connectivity index (χ0v) is 22.3. The van der Waals surface area contributed by atoms with Gasteiger partial charge in [0.05, 0.1) is 11.6 Å². The van der Waals surface area contributed by atoms with E-state index in [4.69, 9.17) is 16.3 Å². The van der Waals surface area contributed by atoms with E-state index in [0.29, 0.717) is 24.0 Å². The summed E-state index contributed by atoms with van der Waals surface area (Å²) in [5.74, 6) is 1.33. The quantitative estimate of drug-likeness (QED) is 0.413. The minimum atomic E-state index is -0.0861. The molecule has 3 rings (SSSR count). The monoisotopic (exact) mass is 484 g/mol. The van der Waals surface area contributed by atoms with Crippen molar-refractivity contribution in [3.05, 3.63) is 63.2 Å². The zero-order chi connectivity index (χ0) is 24.7. The molecule has 1 atom stereocenters. The molecule has 186 valence electrons. The standard InChI is InChI=1S/C29H41ClN2O2/c1-20(2)18-32(19-24-15-26-10-6-7-14-34-28(26)27(30)16-24)29(33)22(4)17-31-13-12-25-11-8-9-21(3)23(25)5/h8-9,11,15-16,20,22,31H,6-7,10,12-14,17-19H2,1-5H3. The van der Waals surface area contributed by atoms with Crippen LogP contribution in [0.1, 0.15) is 61.4 Å². The Morgan fingerprint density at radius 2 is 1.97 bits per heavy atom. The van der Waals surface area contributed by atoms with E-state index in [9.17, 15) is 4.79 Å². The molecule has 0 saturated carbocycles. The van der Waals surface area contributed by atoms with Crippen LogP contribution in [0.4, 0.5) is 0 Å². The summed E-state index contributed by atoms with van der Waals surface area (Å²) in [4.78, 5) is 15.4. The number of amides is 1. The molecule has 1 amide bonds. The molecule has 0 aromatic heterocycles. The number of halogens is 1. The lowest BCUT2D eigenvalue weighted by molar-refractivity contribution is -0.136. The second kappa shape index (κ2) is 12.6. The van der Waals surface area contributed by atoms with Crippen molar-refractivity contribution in [2.75, 3.05) is 26.2 Å². The van der Waals surface area contributed by atoms with Gasteiger partial charge in [-0.1, -0.05) is 56.6 Å². The SMILES string of the molecule is Cc1cccc(CCNCC(C)C(=O)N(Cc2cc(Cl)c3c(c2)CCCCO3)CC(C)C)c1C. The lowest BCUT2D eigenvalue weighted by atomic mass is 10.0. The number of benzene rings is 2. The molecular weight excluding hydrogens is 444 g/mol. The van der Waals surface area contributed by atoms with Crippen molar-refractivity contribution in [3.63, 3.8) is 0 Å². The lowest BCUT2D eigenvalue weighted by Gasteiger charge is -2.28. The van der Waals surface area contributed by atoms with Crippen LogP contribution in [-0.2, 0) is 24.2 Å². The Hall–Kier alpha value is -2.04. The van der Waals surface area contributed by atoms with Crippen LogP contribution in [0.2, 0.25) is 5.02 Å². The first-order valence-electron chi connectivity index (χ1n) is 12.7. The fourth-order valence-electron chi connectivity index (χ4n) is 4.66. The summed E-state index contributed by atoms with van der Waals surface area (Å²) in [5.41, 5.74) is 6.31. The van der Waals surface area contributed by atoms with Gasteiger partial charge in [0.1, 0.15) is 5.75 Å². The van der Waals surface area contributed by atoms with Crippen molar-refractivity contribution in [1.82, 2.24) is 10.2 Å². The molecule has 0 fully saturated rings. The van der Waals surface area contributed by atoms with Gasteiger partial charge >= 0.3 is 0 Å². The number of rotatable bonds is 10. The second-order valence-corrected chi connectivity index (χ2v) is 10.6. The van der Waals surface area contributed by atoms with Crippen molar-refractivity contribution in [1.29, 1.82) is 0 Å². The lowest BCUT2D eigenvalue weighted by Crippen LogP contribution is -2.40. The van der Waals surface area contributed by atoms with E-state index in [2.05, 4.69) is 57.3 Å². The van der Waals surface area contributed by atoms with Crippen LogP contribution in [0.3, 0.4) is 0 Å². The van der Waals surface area contributed by atoms with Crippen molar-refractivity contribution in [2.45, 2.75) is 66.8 Å². The highest BCUT2D eigenvalue weighted by molar-refractivity contribution is 6.32. The Kier molecular flexibility index (Phi) is 9.85. The number of hydrogen-bond donors (Lipinski definition) is 1. The van der Waals surface area contributed by atoms with E-state index < -0.39 is 0 Å². The van der Waals surface area contributed by atoms with Gasteiger partial charge in [-0.15, -0.1) is 0 Å². The molecule has 2 aromatic rings. The highest BCUT2D eigenvalue weighted by Gasteiger charge is 2.23. The first kappa shape index (κ1) is 26.6. The van der Waals surface area contributed by atoms with E-state index in [1.54, 1.807) is 0 Å². The average Bonchev–Trinajstić information content (AvgIpc) is 3.04. The average molecular weight is 485 g/mol. The minimum Gasteiger partial charge on any atom is -0.492 e. The predicted molar refractivity (Wildman–Crippen MR) is 142 cm³/mol. The third kappa shape index (κ3) is 7.23. The van der Waals surface area contributed by atoms with Crippen LogP contribution < -0.4 is 10.1 Å². The van der Waals surface area contributed by atoms with Gasteiger partial charge in [-0.05, 0) is 85.9 Å². The predicted octanol–water partition coefficient (Wildman–Crippen LogP) is 6.12. The number of nitrogens with zero attached hydrogens (tertiary/aromatic N) is 1. The van der Waals surface area contributed by atoms with E-state index in [1.165, 1.54) is 16.7 Å². The van der Waals surface area contributed by atoms with Crippen molar-refractivity contribution < 1.29 is 9.53 Å². The van der Waals surface area contributed by atoms with Gasteiger partial charge in [0.25, 0.3) is 0 Å². The fraction of sp³-hybridized carbons (Fsp3) is 0.552. The molecule has 5 heteroatoms. The number of carbonyl (C=O) groups is 1. The molecule has 34 heavy (non-hydrogen) atoms. The van der Waals surface area contributed by atoms with Crippen LogP contribution in [0.5, 0.6) is 5.75 Å². The number of ether oxygens (including phenoxy) is 1. The Labute approximate surface area is 211 Å². The number of hydrogen-bond acceptors (Lipinski definition) is 3. The topological polar surface area (TPSA) is 41.6 Å². The Balaban J connectivity index is 1.60. The molecule has 0 aliphatic carbocycles. The summed E-state index contributed by atoms with van der Waals surface area (Å²) in [6, 6.07) is 10.6. The molecule has 0 saturated heterocycles. The number of fused-ring (bicyclic) bond motifs is 1. The maximum Gasteiger partial charge on any atom is 0.226 e. The number of nitrogens with one attached hydrogen (secondary N) is 1. The first-order chi connectivity index (χ1) is 16.3. The van der Waals surface area contributed by atoms with Gasteiger partial charge in [0, 0.05) is 25.6 Å². The van der Waals surface area contributed by atoms with Gasteiger partial charge in [-0.3, -0.25) is 4.79 Å². The molecule has 1 aliphatic rings. The molecular formula is C29H41ClN2O2. The highest BCUT2D eigenvalue weighted by Crippen LogP contribution is 2.34. The number of aryl methyl sites for hydroxylation is 2. The normalized spacial score (nSPS) is 14.3. The van der Waals surface area contributed by atoms with E-state index in [1.807, 2.05) is 17.9 Å². The summed E-state index contributed by atoms with van der Waals surface area (Å²) in [7, 11) is 0. The minimum absolute atomic E-state index is 0.0861. The Morgan fingerprint density at radius 3 is 2.74 bits per heavy atom. The van der Waals surface area contributed by atoms with Crippen LogP contribution in [-0.4, -0.2) is 37.0 Å². The molecule has 1 N–H and O–H groups in total. The largest absolute Gasteiger partial charge is 0.492 e. The van der Waals surface area contributed by atoms with Gasteiger partial charge in [0.15, 0.2) is 0 Å². The van der Waals surface area contributed by atoms with E-state index in [-0.39, 0.29) is 11.8 Å². The number of carbonyl (C=O) groups excluding carboxylic acids is 1. The molecule has 0 spiro atoms. The van der Waals surface area contributed by atoms with E-state index >= 15 is 0 Å². The third-order valence-electron chi connectivity index (χ3n) is 6.70. The highest BCUT2D eigenvalue weighted by atomic mass is 35.5. The molecule has 1 unspecified atom stereocenters. The van der Waals surface area contributed by atoms with Crippen molar-refractivity contribution >= 4 is 17.5 Å². The summed E-state index contributed by atoms with van der Waals surface area (Å²) < 4.78 is 5.87. The molecule has 1 heterocycles. The van der Waals surface area contributed by atoms with Gasteiger partial charge in [-0.25, -0.2) is 0 Å². The van der Waals surface area contributed by atoms with Crippen molar-refractivity contribution in [3.8, 4) is 5.75 Å². The molecule has 0 bridgehead atoms. The Bertz CT molecular complexity index is 973. The molecule has 4 nitrogen and oxygen atoms in total. The molecule has 1 aliphatic heterocycles. The molecule has 0 radical (unpaired) electrons. The van der Waals surface area contributed by atoms with Gasteiger partial charge in [-0.2, -0.15) is 0 Å². The third-order valence-corrected chi connectivity index (χ3v) is 6.98. The zero-order valence-electron chi connectivity index (χ0n) is 21.5. The van der Waals surface area contributed by atoms with Crippen LogP contribution in [0, 0.1) is 25.7 Å². The second-order valence-electron chi connectivity index (χ2n) is 10.2. The first-order valence-corrected chi connectivity index (χ1v) is 13.1. The maximum absolute atomic E-state index is 13.4. The van der Waals surface area contributed by atoms with Gasteiger partial charge < -0.3 is 15.0 Å². The van der Waals surface area contributed by atoms with Crippen LogP contribution in [0.15, 0.2) is 30.3 Å². The summed E-state index contributed by atoms with van der Waals surface area (Å²) in [6.07, 6.45) is 4.10. The van der Waals surface area contributed by atoms with E-state index in [0.717, 1.165) is 62.3 Å². The maximum atomic E-state index is 13.4. The van der Waals surface area contributed by atoms with Crippen molar-refractivity contribution in [2.24, 2.45) is 11.8 Å². The summed E-state index contributed by atoms with van der Waals surface area (Å²) >= 11 is 6.57. The van der Waals surface area contributed by atoms with Gasteiger partial charge in [0.2, 0.25) is 5.91 Å². The molecule has 2 aromatic carbocycles. The smallest absolute Gasteiger partial charge is 0.226 e. The summed E-state index contributed by atoms with van der Waals surface area (Å²) in [5, 5.41) is 4.16. The van der Waals surface area contributed by atoms with Crippen LogP contribution >= 0.6 is 11.6 Å². The summed E-state index contributed by atoms with van der Waals surface area (Å²) in [6.45, 7) is 14.3. The fourth-order valence-corrected chi connectivity index (χ4v) is 4.98. The van der Waals surface area contributed by atoms with Crippen LogP contribution in [0.25, 0.3) is 0 Å².